The molecule has 2 aliphatic carbocycles. The van der Waals surface area contributed by atoms with Crippen LogP contribution in [0, 0.1) is 5.41 Å². The van der Waals surface area contributed by atoms with Crippen LogP contribution >= 0.6 is 0 Å². The Bertz CT molecular complexity index is 953. The first kappa shape index (κ1) is 21.4. The van der Waals surface area contributed by atoms with Gasteiger partial charge in [-0.3, -0.25) is 4.90 Å². The molecule has 1 atom stereocenters. The van der Waals surface area contributed by atoms with Crippen molar-refractivity contribution in [2.75, 3.05) is 13.2 Å². The molecule has 0 saturated heterocycles. The van der Waals surface area contributed by atoms with E-state index in [4.69, 9.17) is 4.74 Å². The van der Waals surface area contributed by atoms with Gasteiger partial charge in [0.2, 0.25) is 0 Å². The van der Waals surface area contributed by atoms with Crippen LogP contribution in [-0.4, -0.2) is 40.8 Å². The number of rotatable bonds is 5. The molecule has 0 aromatic heterocycles. The first-order valence-electron chi connectivity index (χ1n) is 11.2. The fourth-order valence-electron chi connectivity index (χ4n) is 5.73. The summed E-state index contributed by atoms with van der Waals surface area (Å²) in [5.41, 5.74) is 2.85. The molecule has 0 heterocycles. The van der Waals surface area contributed by atoms with E-state index in [1.165, 1.54) is 16.0 Å². The molecule has 0 aliphatic heterocycles. The van der Waals surface area contributed by atoms with Crippen molar-refractivity contribution in [3.05, 3.63) is 59.7 Å². The first-order chi connectivity index (χ1) is 14.8. The Labute approximate surface area is 184 Å². The highest BCUT2D eigenvalue weighted by molar-refractivity contribution is 5.86. The minimum Gasteiger partial charge on any atom is -0.479 e. The number of hydrogen-bond acceptors (Lipinski definition) is 3. The van der Waals surface area contributed by atoms with Gasteiger partial charge in [0.1, 0.15) is 12.1 Å². The molecule has 0 bridgehead atoms. The number of hydrogen-bond donors (Lipinski definition) is 1. The molecular weight excluding hydrogens is 390 g/mol. The van der Waals surface area contributed by atoms with E-state index in [-0.39, 0.29) is 12.5 Å². The molecule has 4 rings (SSSR count). The second kappa shape index (κ2) is 8.03. The second-order valence-corrected chi connectivity index (χ2v) is 9.30. The van der Waals surface area contributed by atoms with E-state index in [2.05, 4.69) is 24.3 Å². The predicted molar refractivity (Wildman–Crippen MR) is 120 cm³/mol. The number of ether oxygens (including phenoxy) is 1. The van der Waals surface area contributed by atoms with Crippen LogP contribution in [0.1, 0.15) is 63.5 Å². The number of fused-ring (bicyclic) bond motifs is 3. The summed E-state index contributed by atoms with van der Waals surface area (Å²) >= 11 is 0. The van der Waals surface area contributed by atoms with Gasteiger partial charge in [0, 0.05) is 12.5 Å². The summed E-state index contributed by atoms with van der Waals surface area (Å²) in [5, 5.41) is 10.3. The van der Waals surface area contributed by atoms with E-state index in [1.807, 2.05) is 45.0 Å². The van der Waals surface area contributed by atoms with Crippen molar-refractivity contribution < 1.29 is 19.4 Å². The Morgan fingerprint density at radius 3 is 2.06 bits per heavy atom. The third-order valence-corrected chi connectivity index (χ3v) is 7.40. The van der Waals surface area contributed by atoms with Gasteiger partial charge in [-0.05, 0) is 47.4 Å². The summed E-state index contributed by atoms with van der Waals surface area (Å²) in [6.45, 7) is 6.24. The zero-order valence-corrected chi connectivity index (χ0v) is 18.6. The van der Waals surface area contributed by atoms with Gasteiger partial charge >= 0.3 is 12.1 Å². The molecule has 2 aromatic rings. The Morgan fingerprint density at radius 2 is 1.55 bits per heavy atom. The Hall–Kier alpha value is -2.82. The van der Waals surface area contributed by atoms with Crippen molar-refractivity contribution in [1.82, 2.24) is 4.90 Å². The summed E-state index contributed by atoms with van der Waals surface area (Å²) < 4.78 is 5.84. The molecule has 0 radical (unpaired) electrons. The van der Waals surface area contributed by atoms with Crippen molar-refractivity contribution in [2.24, 2.45) is 5.41 Å². The molecule has 31 heavy (non-hydrogen) atoms. The highest BCUT2D eigenvalue weighted by Crippen LogP contribution is 2.48. The average Bonchev–Trinajstić information content (AvgIpc) is 3.07. The van der Waals surface area contributed by atoms with Gasteiger partial charge in [-0.25, -0.2) is 9.59 Å². The Morgan fingerprint density at radius 1 is 1.00 bits per heavy atom. The van der Waals surface area contributed by atoms with Crippen LogP contribution in [-0.2, 0) is 9.53 Å². The SMILES string of the molecule is CCN(C(=O)OCC1c2ccccc2-c2ccccc21)C1(C(=O)O)CCCCC1(C)C. The molecule has 5 nitrogen and oxygen atoms in total. The summed E-state index contributed by atoms with van der Waals surface area (Å²) in [4.78, 5) is 27.3. The molecule has 1 saturated carbocycles. The number of benzene rings is 2. The van der Waals surface area contributed by atoms with Crippen molar-refractivity contribution in [2.45, 2.75) is 57.9 Å². The molecule has 1 N–H and O–H groups in total. The number of carboxylic acids is 1. The molecule has 2 aromatic carbocycles. The predicted octanol–water partition coefficient (Wildman–Crippen LogP) is 5.68. The number of carbonyl (C=O) groups excluding carboxylic acids is 1. The number of nitrogens with zero attached hydrogens (tertiary/aromatic N) is 1. The van der Waals surface area contributed by atoms with Crippen molar-refractivity contribution >= 4 is 12.1 Å². The van der Waals surface area contributed by atoms with Crippen molar-refractivity contribution in [3.8, 4) is 11.1 Å². The van der Waals surface area contributed by atoms with Crippen LogP contribution in [0.4, 0.5) is 4.79 Å². The van der Waals surface area contributed by atoms with Crippen molar-refractivity contribution in [3.63, 3.8) is 0 Å². The molecular formula is C26H31NO4. The largest absolute Gasteiger partial charge is 0.479 e. The maximum Gasteiger partial charge on any atom is 0.410 e. The van der Waals surface area contributed by atoms with E-state index < -0.39 is 23.0 Å². The van der Waals surface area contributed by atoms with E-state index in [0.29, 0.717) is 13.0 Å². The van der Waals surface area contributed by atoms with Crippen LogP contribution in [0.15, 0.2) is 48.5 Å². The lowest BCUT2D eigenvalue weighted by molar-refractivity contribution is -0.163. The van der Waals surface area contributed by atoms with Crippen LogP contribution < -0.4 is 0 Å². The van der Waals surface area contributed by atoms with E-state index >= 15 is 0 Å². The summed E-state index contributed by atoms with van der Waals surface area (Å²) in [5.74, 6) is -0.984. The first-order valence-corrected chi connectivity index (χ1v) is 11.2. The van der Waals surface area contributed by atoms with Gasteiger partial charge in [-0.2, -0.15) is 0 Å². The number of carboxylic acid groups (broad SMARTS) is 1. The van der Waals surface area contributed by atoms with Gasteiger partial charge in [-0.1, -0.05) is 75.2 Å². The Balaban J connectivity index is 1.60. The number of likely N-dealkylation sites (N-methyl/N-ethyl adjacent to an activating group) is 1. The zero-order valence-electron chi connectivity index (χ0n) is 18.6. The van der Waals surface area contributed by atoms with Gasteiger partial charge in [-0.15, -0.1) is 0 Å². The van der Waals surface area contributed by atoms with E-state index in [9.17, 15) is 14.7 Å². The molecule has 0 spiro atoms. The molecule has 1 amide bonds. The summed E-state index contributed by atoms with van der Waals surface area (Å²) in [6, 6.07) is 16.4. The second-order valence-electron chi connectivity index (χ2n) is 9.30. The van der Waals surface area contributed by atoms with Gasteiger partial charge in [0.25, 0.3) is 0 Å². The fourth-order valence-corrected chi connectivity index (χ4v) is 5.73. The lowest BCUT2D eigenvalue weighted by atomic mass is 9.62. The third-order valence-electron chi connectivity index (χ3n) is 7.40. The molecule has 2 aliphatic rings. The lowest BCUT2D eigenvalue weighted by Crippen LogP contribution is -2.66. The maximum absolute atomic E-state index is 13.3. The number of amides is 1. The number of aliphatic carboxylic acids is 1. The minimum atomic E-state index is -1.25. The summed E-state index contributed by atoms with van der Waals surface area (Å²) in [7, 11) is 0. The van der Waals surface area contributed by atoms with E-state index in [1.54, 1.807) is 0 Å². The quantitative estimate of drug-likeness (QED) is 0.674. The van der Waals surface area contributed by atoms with Crippen LogP contribution in [0.25, 0.3) is 11.1 Å². The van der Waals surface area contributed by atoms with Gasteiger partial charge in [0.15, 0.2) is 0 Å². The van der Waals surface area contributed by atoms with Crippen LogP contribution in [0.3, 0.4) is 0 Å². The normalized spacial score (nSPS) is 21.8. The summed E-state index contributed by atoms with van der Waals surface area (Å²) in [6.07, 6.45) is 2.45. The van der Waals surface area contributed by atoms with Crippen LogP contribution in [0.5, 0.6) is 0 Å². The highest BCUT2D eigenvalue weighted by Gasteiger charge is 2.58. The third kappa shape index (κ3) is 3.31. The standard InChI is InChI=1S/C26H31NO4/c1-4-27(26(23(28)29)16-10-9-15-25(26,2)3)24(30)31-17-22-20-13-7-5-11-18(20)19-12-6-8-14-21(19)22/h5-8,11-14,22H,4,9-10,15-17H2,1-3H3,(H,28,29). The van der Waals surface area contributed by atoms with E-state index in [0.717, 1.165) is 30.4 Å². The highest BCUT2D eigenvalue weighted by atomic mass is 16.6. The average molecular weight is 422 g/mol. The zero-order chi connectivity index (χ0) is 22.2. The smallest absolute Gasteiger partial charge is 0.410 e. The number of carbonyl (C=O) groups is 2. The molecule has 164 valence electrons. The fraction of sp³-hybridized carbons (Fsp3) is 0.462. The van der Waals surface area contributed by atoms with Crippen LogP contribution in [0.2, 0.25) is 0 Å². The minimum absolute atomic E-state index is 0.0461. The monoisotopic (exact) mass is 421 g/mol. The van der Waals surface area contributed by atoms with Gasteiger partial charge < -0.3 is 9.84 Å². The van der Waals surface area contributed by atoms with Gasteiger partial charge in [0.05, 0.1) is 0 Å². The Kier molecular flexibility index (Phi) is 5.54. The molecule has 1 unspecified atom stereocenters. The maximum atomic E-state index is 13.3. The molecule has 1 fully saturated rings. The lowest BCUT2D eigenvalue weighted by Gasteiger charge is -2.52. The molecule has 5 heteroatoms. The topological polar surface area (TPSA) is 66.8 Å². The van der Waals surface area contributed by atoms with Crippen molar-refractivity contribution in [1.29, 1.82) is 0 Å².